The number of aromatic hydroxyl groups is 1. The van der Waals surface area contributed by atoms with E-state index in [4.69, 9.17) is 17.3 Å². The van der Waals surface area contributed by atoms with Gasteiger partial charge in [0.15, 0.2) is 0 Å². The number of H-pyrrole nitrogens is 1. The molecule has 0 aliphatic carbocycles. The number of rotatable bonds is 1. The van der Waals surface area contributed by atoms with Crippen molar-refractivity contribution in [3.05, 3.63) is 35.1 Å². The molecule has 3 aromatic rings. The molecule has 2 heterocycles. The summed E-state index contributed by atoms with van der Waals surface area (Å²) in [6, 6.07) is 2.74. The zero-order chi connectivity index (χ0) is 16.1. The molecule has 0 aliphatic rings. The van der Waals surface area contributed by atoms with Gasteiger partial charge in [0.05, 0.1) is 11.2 Å². The van der Waals surface area contributed by atoms with Crippen LogP contribution in [0, 0.1) is 0 Å². The van der Waals surface area contributed by atoms with Crippen molar-refractivity contribution in [2.45, 2.75) is 6.18 Å². The maximum absolute atomic E-state index is 13.1. The average molecular weight is 329 g/mol. The molecule has 0 saturated heterocycles. The number of nitrogens with zero attached hydrogens (tertiary/aromatic N) is 2. The first-order valence-electron chi connectivity index (χ1n) is 5.97. The number of hydrogen-bond donors (Lipinski definition) is 3. The first-order valence-corrected chi connectivity index (χ1v) is 6.35. The summed E-state index contributed by atoms with van der Waals surface area (Å²) < 4.78 is 39.4. The molecule has 2 aromatic heterocycles. The number of aromatic nitrogens is 3. The summed E-state index contributed by atoms with van der Waals surface area (Å²) in [4.78, 5) is 9.84. The van der Waals surface area contributed by atoms with Crippen LogP contribution in [0.15, 0.2) is 24.5 Å². The number of fused-ring (bicyclic) bond motifs is 1. The number of phenolic OH excluding ortho intramolecular Hbond substituents is 1. The van der Waals surface area contributed by atoms with Gasteiger partial charge in [0.2, 0.25) is 5.95 Å². The second kappa shape index (κ2) is 4.77. The minimum atomic E-state index is -4.63. The monoisotopic (exact) mass is 328 g/mol. The minimum absolute atomic E-state index is 0.0133. The number of nitrogen functional groups attached to an aromatic ring is 1. The SMILES string of the molecule is Nc1ncc(C(F)(F)F)c(-c2c[nH]c3c(Cl)c(O)ccc23)n1. The van der Waals surface area contributed by atoms with Gasteiger partial charge in [-0.15, -0.1) is 0 Å². The van der Waals surface area contributed by atoms with Crippen molar-refractivity contribution in [3.8, 4) is 17.0 Å². The fraction of sp³-hybridized carbons (Fsp3) is 0.0769. The lowest BCUT2D eigenvalue weighted by Gasteiger charge is -2.11. The third kappa shape index (κ3) is 2.21. The van der Waals surface area contributed by atoms with Crippen LogP contribution in [0.2, 0.25) is 5.02 Å². The molecule has 1 aromatic carbocycles. The maximum Gasteiger partial charge on any atom is 0.419 e. The highest BCUT2D eigenvalue weighted by Crippen LogP contribution is 2.40. The highest BCUT2D eigenvalue weighted by molar-refractivity contribution is 6.37. The Labute approximate surface area is 126 Å². The zero-order valence-electron chi connectivity index (χ0n) is 10.7. The predicted octanol–water partition coefficient (Wildman–Crippen LogP) is 3.58. The van der Waals surface area contributed by atoms with Crippen LogP contribution in [-0.2, 0) is 6.18 Å². The summed E-state index contributed by atoms with van der Waals surface area (Å²) >= 11 is 5.93. The lowest BCUT2D eigenvalue weighted by atomic mass is 10.1. The van der Waals surface area contributed by atoms with E-state index in [1.807, 2.05) is 0 Å². The molecule has 0 radical (unpaired) electrons. The van der Waals surface area contributed by atoms with Gasteiger partial charge in [-0.2, -0.15) is 13.2 Å². The molecule has 0 aliphatic heterocycles. The number of aromatic amines is 1. The molecular formula is C13H8ClF3N4O. The average Bonchev–Trinajstić information content (AvgIpc) is 2.86. The van der Waals surface area contributed by atoms with E-state index in [1.165, 1.54) is 18.3 Å². The molecule has 0 fully saturated rings. The van der Waals surface area contributed by atoms with Gasteiger partial charge >= 0.3 is 6.18 Å². The van der Waals surface area contributed by atoms with Crippen molar-refractivity contribution < 1.29 is 18.3 Å². The molecule has 4 N–H and O–H groups in total. The predicted molar refractivity (Wildman–Crippen MR) is 75.4 cm³/mol. The third-order valence-electron chi connectivity index (χ3n) is 3.14. The topological polar surface area (TPSA) is 87.8 Å². The molecule has 0 saturated carbocycles. The molecule has 0 bridgehead atoms. The van der Waals surface area contributed by atoms with Crippen LogP contribution < -0.4 is 5.73 Å². The summed E-state index contributed by atoms with van der Waals surface area (Å²) in [7, 11) is 0. The third-order valence-corrected chi connectivity index (χ3v) is 3.52. The number of anilines is 1. The highest BCUT2D eigenvalue weighted by atomic mass is 35.5. The largest absolute Gasteiger partial charge is 0.506 e. The van der Waals surface area contributed by atoms with E-state index >= 15 is 0 Å². The maximum atomic E-state index is 13.1. The van der Waals surface area contributed by atoms with Crippen molar-refractivity contribution in [1.29, 1.82) is 0 Å². The Morgan fingerprint density at radius 1 is 1.27 bits per heavy atom. The normalized spacial score (nSPS) is 12.0. The summed E-state index contributed by atoms with van der Waals surface area (Å²) in [5.74, 6) is -0.456. The van der Waals surface area contributed by atoms with Crippen molar-refractivity contribution in [2.75, 3.05) is 5.73 Å². The van der Waals surface area contributed by atoms with Gasteiger partial charge in [0, 0.05) is 23.3 Å². The van der Waals surface area contributed by atoms with E-state index in [2.05, 4.69) is 15.0 Å². The zero-order valence-corrected chi connectivity index (χ0v) is 11.5. The van der Waals surface area contributed by atoms with Crippen molar-refractivity contribution >= 4 is 28.5 Å². The summed E-state index contributed by atoms with van der Waals surface area (Å²) in [6.07, 6.45) is -2.67. The van der Waals surface area contributed by atoms with Crippen LogP contribution in [0.25, 0.3) is 22.2 Å². The number of phenols is 1. The quantitative estimate of drug-likeness (QED) is 0.637. The Bertz CT molecular complexity index is 876. The van der Waals surface area contributed by atoms with Gasteiger partial charge in [-0.1, -0.05) is 11.6 Å². The van der Waals surface area contributed by atoms with Gasteiger partial charge in [-0.05, 0) is 12.1 Å². The Hall–Kier alpha value is -2.48. The first-order chi connectivity index (χ1) is 10.3. The van der Waals surface area contributed by atoms with Gasteiger partial charge in [0.25, 0.3) is 0 Å². The van der Waals surface area contributed by atoms with Gasteiger partial charge in [0.1, 0.15) is 16.3 Å². The van der Waals surface area contributed by atoms with Crippen LogP contribution >= 0.6 is 11.6 Å². The van der Waals surface area contributed by atoms with E-state index in [1.54, 1.807) is 0 Å². The highest BCUT2D eigenvalue weighted by Gasteiger charge is 2.36. The Morgan fingerprint density at radius 2 is 2.00 bits per heavy atom. The molecule has 0 spiro atoms. The molecule has 114 valence electrons. The number of benzene rings is 1. The lowest BCUT2D eigenvalue weighted by molar-refractivity contribution is -0.137. The first kappa shape index (κ1) is 14.5. The van der Waals surface area contributed by atoms with Crippen LogP contribution in [0.5, 0.6) is 5.75 Å². The summed E-state index contributed by atoms with van der Waals surface area (Å²) in [5.41, 5.74) is 4.52. The number of nitrogens with one attached hydrogen (secondary N) is 1. The Kier molecular flexibility index (Phi) is 3.13. The fourth-order valence-corrected chi connectivity index (χ4v) is 2.38. The van der Waals surface area contributed by atoms with Crippen LogP contribution in [0.1, 0.15) is 5.56 Å². The number of alkyl halides is 3. The number of nitrogens with two attached hydrogens (primary N) is 1. The smallest absolute Gasteiger partial charge is 0.419 e. The summed E-state index contributed by atoms with van der Waals surface area (Å²) in [6.45, 7) is 0. The van der Waals surface area contributed by atoms with Gasteiger partial charge in [-0.3, -0.25) is 0 Å². The van der Waals surface area contributed by atoms with E-state index < -0.39 is 11.7 Å². The second-order valence-corrected chi connectivity index (χ2v) is 4.89. The van der Waals surface area contributed by atoms with Crippen LogP contribution in [0.4, 0.5) is 19.1 Å². The van der Waals surface area contributed by atoms with Crippen molar-refractivity contribution in [3.63, 3.8) is 0 Å². The number of halogens is 4. The fourth-order valence-electron chi connectivity index (χ4n) is 2.16. The van der Waals surface area contributed by atoms with Crippen molar-refractivity contribution in [2.24, 2.45) is 0 Å². The second-order valence-electron chi connectivity index (χ2n) is 4.51. The molecule has 5 nitrogen and oxygen atoms in total. The minimum Gasteiger partial charge on any atom is -0.506 e. The Balaban J connectivity index is 2.33. The van der Waals surface area contributed by atoms with Crippen LogP contribution in [0.3, 0.4) is 0 Å². The van der Waals surface area contributed by atoms with Gasteiger partial charge in [-0.25, -0.2) is 9.97 Å². The molecule has 3 rings (SSSR count). The number of hydrogen-bond acceptors (Lipinski definition) is 4. The van der Waals surface area contributed by atoms with E-state index in [0.29, 0.717) is 17.1 Å². The standard InChI is InChI=1S/C13H8ClF3N4O/c14-9-8(22)2-1-5-6(3-19-11(5)9)10-7(13(15,16)17)4-20-12(18)21-10/h1-4,19,22H,(H2,18,20,21). The molecule has 9 heteroatoms. The Morgan fingerprint density at radius 3 is 2.68 bits per heavy atom. The van der Waals surface area contributed by atoms with E-state index in [-0.39, 0.29) is 28.0 Å². The molecule has 22 heavy (non-hydrogen) atoms. The van der Waals surface area contributed by atoms with Gasteiger partial charge < -0.3 is 15.8 Å². The molecule has 0 amide bonds. The molecular weight excluding hydrogens is 321 g/mol. The van der Waals surface area contributed by atoms with E-state index in [0.717, 1.165) is 0 Å². The molecule has 0 atom stereocenters. The summed E-state index contributed by atoms with van der Waals surface area (Å²) in [5, 5.41) is 9.94. The molecule has 0 unspecified atom stereocenters. The lowest BCUT2D eigenvalue weighted by Crippen LogP contribution is -2.10. The van der Waals surface area contributed by atoms with Crippen molar-refractivity contribution in [1.82, 2.24) is 15.0 Å². The van der Waals surface area contributed by atoms with E-state index in [9.17, 15) is 18.3 Å². The van der Waals surface area contributed by atoms with Crippen LogP contribution in [-0.4, -0.2) is 20.1 Å².